The summed E-state index contributed by atoms with van der Waals surface area (Å²) >= 11 is 0. The highest BCUT2D eigenvalue weighted by atomic mass is 16.3. The van der Waals surface area contributed by atoms with Crippen molar-refractivity contribution in [3.05, 3.63) is 460 Å². The molecule has 0 heterocycles. The Morgan fingerprint density at radius 1 is 0.265 bits per heavy atom. The van der Waals surface area contributed by atoms with E-state index in [0.29, 0.717) is 23.3 Å². The van der Waals surface area contributed by atoms with E-state index in [9.17, 15) is 46.0 Å². The molecule has 17 aromatic rings. The van der Waals surface area contributed by atoms with Gasteiger partial charge in [0.15, 0.2) is 0 Å². The van der Waals surface area contributed by atoms with Gasteiger partial charge < -0.3 is 46.0 Å². The highest BCUT2D eigenvalue weighted by Crippen LogP contribution is 2.59. The molecular weight excluding hydrogens is 1620 g/mol. The van der Waals surface area contributed by atoms with Crippen LogP contribution in [0.1, 0.15) is 212 Å². The molecule has 0 saturated heterocycles. The second kappa shape index (κ2) is 38.3. The molecule has 0 radical (unpaired) electrons. The number of phenols is 9. The summed E-state index contributed by atoms with van der Waals surface area (Å²) in [6.45, 7) is 6.51. The molecule has 0 amide bonds. The van der Waals surface area contributed by atoms with E-state index in [-0.39, 0.29) is 51.1 Å². The maximum absolute atomic E-state index is 11.0. The van der Waals surface area contributed by atoms with Crippen molar-refractivity contribution in [3.8, 4) is 96.3 Å². The molecule has 9 N–H and O–H groups in total. The second-order valence-electron chi connectivity index (χ2n) is 37.2. The van der Waals surface area contributed by atoms with E-state index in [1.807, 2.05) is 158 Å². The van der Waals surface area contributed by atoms with Crippen LogP contribution in [-0.4, -0.2) is 46.0 Å². The third kappa shape index (κ3) is 17.6. The van der Waals surface area contributed by atoms with Crippen molar-refractivity contribution in [1.82, 2.24) is 0 Å². The Hall–Kier alpha value is -14.5. The number of fused-ring (bicyclic) bond motifs is 5. The zero-order valence-electron chi connectivity index (χ0n) is 75.3. The van der Waals surface area contributed by atoms with Gasteiger partial charge in [0.25, 0.3) is 0 Å². The van der Waals surface area contributed by atoms with Gasteiger partial charge in [0, 0.05) is 27.4 Å². The molecule has 17 aromatic carbocycles. The van der Waals surface area contributed by atoms with Crippen molar-refractivity contribution in [1.29, 1.82) is 0 Å². The van der Waals surface area contributed by atoms with Gasteiger partial charge in [-0.1, -0.05) is 351 Å². The normalized spacial score (nSPS) is 14.7. The minimum Gasteiger partial charge on any atom is -0.508 e. The fraction of sp³-hybridized carbons (Fsp3) is 0.203. The van der Waals surface area contributed by atoms with Crippen molar-refractivity contribution >= 4 is 21.5 Å². The van der Waals surface area contributed by atoms with Crippen LogP contribution in [-0.2, 0) is 28.1 Å². The lowest BCUT2D eigenvalue weighted by Crippen LogP contribution is -2.31. The van der Waals surface area contributed by atoms with Gasteiger partial charge in [-0.05, 0) is 299 Å². The van der Waals surface area contributed by atoms with Gasteiger partial charge in [0.2, 0.25) is 0 Å². The van der Waals surface area contributed by atoms with Crippen molar-refractivity contribution in [2.24, 2.45) is 0 Å². The van der Waals surface area contributed by atoms with Crippen LogP contribution in [0.4, 0.5) is 0 Å². The predicted molar refractivity (Wildman–Crippen MR) is 538 cm³/mol. The topological polar surface area (TPSA) is 182 Å². The summed E-state index contributed by atoms with van der Waals surface area (Å²) in [6, 6.07) is 125. The van der Waals surface area contributed by atoms with Crippen LogP contribution >= 0.6 is 0 Å². The summed E-state index contributed by atoms with van der Waals surface area (Å²) in [4.78, 5) is 0. The molecule has 9 heteroatoms. The van der Waals surface area contributed by atoms with Crippen LogP contribution in [0.3, 0.4) is 0 Å². The van der Waals surface area contributed by atoms with E-state index in [0.717, 1.165) is 86.0 Å². The van der Waals surface area contributed by atoms with Crippen LogP contribution < -0.4 is 0 Å². The van der Waals surface area contributed by atoms with E-state index in [4.69, 9.17) is 0 Å². The minimum absolute atomic E-state index is 0.00643. The molecule has 132 heavy (non-hydrogen) atoms. The summed E-state index contributed by atoms with van der Waals surface area (Å²) in [5.41, 5.74) is 24.4. The van der Waals surface area contributed by atoms with Crippen LogP contribution in [0.25, 0.3) is 66.1 Å². The molecule has 0 spiro atoms. The smallest absolute Gasteiger partial charge is 0.123 e. The van der Waals surface area contributed by atoms with Crippen molar-refractivity contribution in [3.63, 3.8) is 0 Å². The second-order valence-corrected chi connectivity index (χ2v) is 37.2. The number of hydrogen-bond acceptors (Lipinski definition) is 9. The summed E-state index contributed by atoms with van der Waals surface area (Å²) in [5.74, 6) is 3.74. The highest BCUT2D eigenvalue weighted by molar-refractivity contribution is 6.15. The molecule has 0 aromatic heterocycles. The molecule has 0 bridgehead atoms. The van der Waals surface area contributed by atoms with Gasteiger partial charge in [0.1, 0.15) is 51.7 Å². The van der Waals surface area contributed by atoms with Gasteiger partial charge in [-0.15, -0.1) is 0 Å². The zero-order valence-corrected chi connectivity index (χ0v) is 75.3. The molecule has 4 aliphatic rings. The summed E-state index contributed by atoms with van der Waals surface area (Å²) in [7, 11) is 0. The first-order chi connectivity index (χ1) is 64.3. The maximum atomic E-state index is 11.0. The van der Waals surface area contributed by atoms with E-state index < -0.39 is 10.8 Å². The third-order valence-corrected chi connectivity index (χ3v) is 29.1. The molecule has 4 aliphatic carbocycles. The van der Waals surface area contributed by atoms with Gasteiger partial charge >= 0.3 is 0 Å². The van der Waals surface area contributed by atoms with E-state index >= 15 is 0 Å². The Bertz CT molecular complexity index is 6580. The van der Waals surface area contributed by atoms with Crippen molar-refractivity contribution in [2.75, 3.05) is 0 Å². The van der Waals surface area contributed by atoms with Gasteiger partial charge in [-0.25, -0.2) is 0 Å². The standard InChI is InChI=1S/C37H26O2.C30H40O2.C29H28O3.C27H20O2/c38-35-21-19-27(23-31(35)25-11-3-1-4-12-25)37(28-20-22-36(39)32(24-28)26-13-5-2-6-14-26)33-17-9-7-15-29(33)30-16-8-10-18-34(30)37;31-28-16-14-24(20-26(28)22-10-4-1-5-11-22)30(18-8-3-9-19-30)25-15-17-29(32)27(21-25)23-12-6-2-7-13-23;1-28(2,21-8-14-25(30)15-9-21)20-4-6-22(7-5-20)29(3,23-10-16-26(31)17-11-23)24-12-18-27(32)19-13-24;28-20-13-9-18(10-14-20)17-26-22-5-1-3-7-24(22)27(19-11-15-21(29)16-12-19)25-8-4-2-6-23(25)26/h1-24,38-39H;14-17,20-23,31-32H,1-13,18-19H2;4-19,30-32H,1-3H3;1-16,28-29H,17H2. The first kappa shape index (κ1) is 88.1. The van der Waals surface area contributed by atoms with Crippen molar-refractivity contribution in [2.45, 2.75) is 157 Å². The number of aromatic hydroxyl groups is 9. The average Bonchev–Trinajstić information content (AvgIpc) is 1.53. The Morgan fingerprint density at radius 2 is 0.591 bits per heavy atom. The van der Waals surface area contributed by atoms with E-state index in [2.05, 4.69) is 178 Å². The molecule has 0 aliphatic heterocycles. The Morgan fingerprint density at radius 3 is 1.01 bits per heavy atom. The SMILES string of the molecule is CC(C)(c1ccc(O)cc1)c1ccc(C(C)(c2ccc(O)cc2)c2ccc(O)cc2)cc1.Oc1ccc(C2(c3ccc(O)c(-c4ccccc4)c3)c3ccccc3-c3ccccc32)cc1-c1ccccc1.Oc1ccc(C2(c3ccc(O)c(C4CCCCC4)c3)CCCCC2)cc1C1CCCCC1.Oc1ccc(Cc2c3ccccc3c(-c3ccc(O)cc3)c3ccccc23)cc1. The van der Waals surface area contributed by atoms with Gasteiger partial charge in [-0.2, -0.15) is 0 Å². The minimum atomic E-state index is -0.651. The average molecular weight is 1740 g/mol. The lowest BCUT2D eigenvalue weighted by atomic mass is 9.64. The third-order valence-electron chi connectivity index (χ3n) is 29.1. The van der Waals surface area contributed by atoms with Gasteiger partial charge in [-0.3, -0.25) is 0 Å². The molecule has 3 saturated carbocycles. The highest BCUT2D eigenvalue weighted by Gasteiger charge is 2.47. The molecule has 21 rings (SSSR count). The monoisotopic (exact) mass is 1730 g/mol. The number of benzene rings is 17. The van der Waals surface area contributed by atoms with Crippen LogP contribution in [0.5, 0.6) is 51.7 Å². The largest absolute Gasteiger partial charge is 0.508 e. The summed E-state index contributed by atoms with van der Waals surface area (Å²) in [6.07, 6.45) is 19.5. The fourth-order valence-corrected chi connectivity index (χ4v) is 21.9. The number of hydrogen-bond donors (Lipinski definition) is 9. The lowest BCUT2D eigenvalue weighted by molar-refractivity contribution is 0.342. The molecule has 0 unspecified atom stereocenters. The Kier molecular flexibility index (Phi) is 25.5. The molecule has 9 nitrogen and oxygen atoms in total. The van der Waals surface area contributed by atoms with Crippen LogP contribution in [0.2, 0.25) is 0 Å². The maximum Gasteiger partial charge on any atom is 0.123 e. The van der Waals surface area contributed by atoms with E-state index in [1.165, 1.54) is 166 Å². The summed E-state index contributed by atoms with van der Waals surface area (Å²) in [5, 5.41) is 96.9. The Balaban J connectivity index is 0.000000119. The van der Waals surface area contributed by atoms with Gasteiger partial charge in [0.05, 0.1) is 5.41 Å². The first-order valence-electron chi connectivity index (χ1n) is 46.9. The first-order valence-corrected chi connectivity index (χ1v) is 46.9. The predicted octanol–water partition coefficient (Wildman–Crippen LogP) is 30.4. The van der Waals surface area contributed by atoms with E-state index in [1.54, 1.807) is 60.7 Å². The molecular formula is C123H114O9. The Labute approximate surface area is 775 Å². The molecule has 660 valence electrons. The van der Waals surface area contributed by atoms with Crippen LogP contribution in [0.15, 0.2) is 376 Å². The summed E-state index contributed by atoms with van der Waals surface area (Å²) < 4.78 is 0. The fourth-order valence-electron chi connectivity index (χ4n) is 21.9. The zero-order chi connectivity index (χ0) is 91.1. The molecule has 3 fully saturated rings. The van der Waals surface area contributed by atoms with Crippen LogP contribution in [0, 0.1) is 0 Å². The number of phenolic OH excluding ortho intramolecular Hbond substituents is 9. The molecule has 0 atom stereocenters. The van der Waals surface area contributed by atoms with Crippen molar-refractivity contribution < 1.29 is 46.0 Å². The number of rotatable bonds is 16. The lowest BCUT2D eigenvalue weighted by Gasteiger charge is -2.40. The quantitative estimate of drug-likeness (QED) is 0.0336.